The molecule has 0 atom stereocenters. The summed E-state index contributed by atoms with van der Waals surface area (Å²) in [6.45, 7) is 0. The predicted molar refractivity (Wildman–Crippen MR) is 48.3 cm³/mol. The molecule has 3 heteroatoms. The number of carbonyl (C=O) groups excluding carboxylic acids is 1. The minimum absolute atomic E-state index is 0.0322. The highest BCUT2D eigenvalue weighted by Crippen LogP contribution is 2.30. The molecule has 0 bridgehead atoms. The second kappa shape index (κ2) is 2.72. The van der Waals surface area contributed by atoms with Crippen LogP contribution in [-0.4, -0.2) is 12.0 Å². The van der Waals surface area contributed by atoms with Gasteiger partial charge in [-0.3, -0.25) is 9.79 Å². The zero-order chi connectivity index (χ0) is 8.55. The number of carbonyl (C=O) groups is 1. The number of hydrogen-bond acceptors (Lipinski definition) is 2. The van der Waals surface area contributed by atoms with Crippen LogP contribution in [0.1, 0.15) is 5.56 Å². The number of rotatable bonds is 0. The van der Waals surface area contributed by atoms with Gasteiger partial charge in [0.2, 0.25) is 0 Å². The largest absolute Gasteiger partial charge is 0.293 e. The summed E-state index contributed by atoms with van der Waals surface area (Å²) in [5, 5.41) is 0.608. The lowest BCUT2D eigenvalue weighted by atomic mass is 10.1. The van der Waals surface area contributed by atoms with E-state index in [9.17, 15) is 4.79 Å². The molecule has 2 rings (SSSR count). The molecule has 1 aromatic rings. The minimum Gasteiger partial charge on any atom is -0.293 e. The Morgan fingerprint density at radius 2 is 2.25 bits per heavy atom. The van der Waals surface area contributed by atoms with Crippen LogP contribution in [0, 0.1) is 0 Å². The number of para-hydroxylation sites is 1. The second-order valence-electron chi connectivity index (χ2n) is 2.65. The average molecular weight is 180 g/mol. The summed E-state index contributed by atoms with van der Waals surface area (Å²) < 4.78 is 0. The third kappa shape index (κ3) is 1.14. The van der Waals surface area contributed by atoms with Crippen molar-refractivity contribution in [2.45, 2.75) is 6.42 Å². The molecular weight excluding hydrogens is 174 g/mol. The van der Waals surface area contributed by atoms with Gasteiger partial charge in [-0.1, -0.05) is 23.7 Å². The second-order valence-corrected chi connectivity index (χ2v) is 3.06. The van der Waals surface area contributed by atoms with Gasteiger partial charge in [0.05, 0.1) is 16.9 Å². The first kappa shape index (κ1) is 7.50. The van der Waals surface area contributed by atoms with E-state index in [4.69, 9.17) is 11.6 Å². The Morgan fingerprint density at radius 3 is 3.08 bits per heavy atom. The Balaban J connectivity index is 2.60. The van der Waals surface area contributed by atoms with Gasteiger partial charge >= 0.3 is 0 Å². The quantitative estimate of drug-likeness (QED) is 0.600. The molecule has 1 heterocycles. The maximum atomic E-state index is 10.9. The zero-order valence-corrected chi connectivity index (χ0v) is 7.01. The van der Waals surface area contributed by atoms with Crippen LogP contribution in [0.25, 0.3) is 0 Å². The molecule has 0 saturated carbocycles. The predicted octanol–water partition coefficient (Wildman–Crippen LogP) is 2.17. The van der Waals surface area contributed by atoms with E-state index in [0.29, 0.717) is 11.4 Å². The van der Waals surface area contributed by atoms with E-state index in [1.165, 1.54) is 6.21 Å². The van der Waals surface area contributed by atoms with Crippen LogP contribution in [0.2, 0.25) is 5.02 Å². The zero-order valence-electron chi connectivity index (χ0n) is 6.25. The molecule has 0 unspecified atom stereocenters. The van der Waals surface area contributed by atoms with E-state index in [0.717, 1.165) is 11.3 Å². The molecule has 2 nitrogen and oxygen atoms in total. The van der Waals surface area contributed by atoms with E-state index in [1.807, 2.05) is 12.1 Å². The van der Waals surface area contributed by atoms with Crippen LogP contribution in [0.15, 0.2) is 23.2 Å². The van der Waals surface area contributed by atoms with Crippen LogP contribution in [0.4, 0.5) is 5.69 Å². The van der Waals surface area contributed by atoms with E-state index in [2.05, 4.69) is 4.99 Å². The van der Waals surface area contributed by atoms with Gasteiger partial charge in [-0.15, -0.1) is 0 Å². The number of ketones is 1. The Morgan fingerprint density at radius 1 is 1.42 bits per heavy atom. The molecule has 1 aliphatic heterocycles. The third-order valence-corrected chi connectivity index (χ3v) is 2.08. The maximum absolute atomic E-state index is 10.9. The van der Waals surface area contributed by atoms with E-state index in [1.54, 1.807) is 6.07 Å². The van der Waals surface area contributed by atoms with E-state index >= 15 is 0 Å². The molecule has 0 aliphatic carbocycles. The van der Waals surface area contributed by atoms with E-state index < -0.39 is 0 Å². The molecule has 1 aliphatic rings. The fourth-order valence-corrected chi connectivity index (χ4v) is 1.46. The van der Waals surface area contributed by atoms with Crippen LogP contribution in [0.5, 0.6) is 0 Å². The Kier molecular flexibility index (Phi) is 1.70. The van der Waals surface area contributed by atoms with Crippen LogP contribution >= 0.6 is 11.6 Å². The lowest BCUT2D eigenvalue weighted by Crippen LogP contribution is -2.08. The van der Waals surface area contributed by atoms with Crippen molar-refractivity contribution in [3.05, 3.63) is 28.8 Å². The number of nitrogens with zero attached hydrogens (tertiary/aromatic N) is 1. The Hall–Kier alpha value is -1.15. The number of fused-ring (bicyclic) bond motifs is 1. The molecule has 0 spiro atoms. The van der Waals surface area contributed by atoms with Gasteiger partial charge in [0.1, 0.15) is 0 Å². The van der Waals surface area contributed by atoms with Crippen molar-refractivity contribution in [3.8, 4) is 0 Å². The maximum Gasteiger partial charge on any atom is 0.178 e. The fourth-order valence-electron chi connectivity index (χ4n) is 1.22. The number of benzene rings is 1. The summed E-state index contributed by atoms with van der Waals surface area (Å²) >= 11 is 5.86. The van der Waals surface area contributed by atoms with Gasteiger partial charge < -0.3 is 0 Å². The number of aliphatic imine (C=N–C) groups is 1. The Bertz CT molecular complexity index is 371. The highest BCUT2D eigenvalue weighted by molar-refractivity contribution is 6.35. The lowest BCUT2D eigenvalue weighted by Gasteiger charge is -2.08. The smallest absolute Gasteiger partial charge is 0.178 e. The molecule has 12 heavy (non-hydrogen) atoms. The first-order valence-electron chi connectivity index (χ1n) is 3.61. The summed E-state index contributed by atoms with van der Waals surface area (Å²) in [5.74, 6) is 0.0322. The molecule has 60 valence electrons. The van der Waals surface area contributed by atoms with Crippen molar-refractivity contribution in [1.29, 1.82) is 0 Å². The van der Waals surface area contributed by atoms with Crippen molar-refractivity contribution in [2.75, 3.05) is 0 Å². The lowest BCUT2D eigenvalue weighted by molar-refractivity contribution is -0.112. The molecule has 0 fully saturated rings. The van der Waals surface area contributed by atoms with Gasteiger partial charge in [0.25, 0.3) is 0 Å². The van der Waals surface area contributed by atoms with E-state index in [-0.39, 0.29) is 5.78 Å². The SMILES string of the molecule is O=C1C=Nc2c(Cl)cccc2C1. The van der Waals surface area contributed by atoms with Crippen LogP contribution in [0.3, 0.4) is 0 Å². The summed E-state index contributed by atoms with van der Waals surface area (Å²) in [4.78, 5) is 14.9. The molecule has 0 aromatic heterocycles. The number of hydrogen-bond donors (Lipinski definition) is 0. The van der Waals surface area contributed by atoms with Crippen molar-refractivity contribution in [2.24, 2.45) is 4.99 Å². The topological polar surface area (TPSA) is 29.4 Å². The number of Topliss-reactive ketones (excluding diaryl/α,β-unsaturated/α-hetero) is 1. The minimum atomic E-state index is 0.0322. The molecular formula is C9H6ClNO. The van der Waals surface area contributed by atoms with Crippen molar-refractivity contribution in [3.63, 3.8) is 0 Å². The Labute approximate surface area is 74.9 Å². The van der Waals surface area contributed by atoms with Crippen molar-refractivity contribution >= 4 is 29.3 Å². The molecule has 1 aromatic carbocycles. The molecule has 0 N–H and O–H groups in total. The van der Waals surface area contributed by atoms with Gasteiger partial charge in [0, 0.05) is 6.42 Å². The van der Waals surface area contributed by atoms with Gasteiger partial charge in [0.15, 0.2) is 5.78 Å². The summed E-state index contributed by atoms with van der Waals surface area (Å²) in [6, 6.07) is 5.47. The van der Waals surface area contributed by atoms with Crippen LogP contribution < -0.4 is 0 Å². The summed E-state index contributed by atoms with van der Waals surface area (Å²) in [6.07, 6.45) is 1.74. The van der Waals surface area contributed by atoms with Gasteiger partial charge in [-0.05, 0) is 11.6 Å². The first-order valence-corrected chi connectivity index (χ1v) is 3.99. The number of halogens is 1. The monoisotopic (exact) mass is 179 g/mol. The molecule has 0 saturated heterocycles. The van der Waals surface area contributed by atoms with Gasteiger partial charge in [-0.25, -0.2) is 0 Å². The summed E-state index contributed by atoms with van der Waals surface area (Å²) in [5.41, 5.74) is 1.65. The summed E-state index contributed by atoms with van der Waals surface area (Å²) in [7, 11) is 0. The van der Waals surface area contributed by atoms with Crippen molar-refractivity contribution < 1.29 is 4.79 Å². The first-order chi connectivity index (χ1) is 5.77. The van der Waals surface area contributed by atoms with Crippen molar-refractivity contribution in [1.82, 2.24) is 0 Å². The third-order valence-electron chi connectivity index (χ3n) is 1.77. The highest BCUT2D eigenvalue weighted by Gasteiger charge is 2.13. The van der Waals surface area contributed by atoms with Crippen LogP contribution in [-0.2, 0) is 11.2 Å². The highest BCUT2D eigenvalue weighted by atomic mass is 35.5. The van der Waals surface area contributed by atoms with Gasteiger partial charge in [-0.2, -0.15) is 0 Å². The fraction of sp³-hybridized carbons (Fsp3) is 0.111. The molecule has 0 amide bonds. The normalized spacial score (nSPS) is 14.6. The average Bonchev–Trinajstić information content (AvgIpc) is 2.04. The molecule has 0 radical (unpaired) electrons. The standard InChI is InChI=1S/C9H6ClNO/c10-8-3-1-2-6-4-7(12)5-11-9(6)8/h1-3,5H,4H2.